The second-order valence-electron chi connectivity index (χ2n) is 16.7. The van der Waals surface area contributed by atoms with Crippen LogP contribution in [0.2, 0.25) is 0 Å². The van der Waals surface area contributed by atoms with Gasteiger partial charge in [-0.05, 0) is 77.0 Å². The van der Waals surface area contributed by atoms with Crippen LogP contribution in [-0.2, 0) is 32.7 Å². The van der Waals surface area contributed by atoms with Crippen LogP contribution >= 0.6 is 7.82 Å². The fourth-order valence-corrected chi connectivity index (χ4v) is 7.47. The molecule has 0 rings (SSSR count). The summed E-state index contributed by atoms with van der Waals surface area (Å²) in [5.41, 5.74) is 5.33. The number of hydrogen-bond acceptors (Lipinski definition) is 8. The van der Waals surface area contributed by atoms with Crippen LogP contribution in [0.15, 0.2) is 97.2 Å². The number of esters is 2. The number of rotatable bonds is 47. The third-order valence-corrected chi connectivity index (χ3v) is 11.5. The first-order valence-electron chi connectivity index (χ1n) is 25.7. The van der Waals surface area contributed by atoms with Gasteiger partial charge in [0.15, 0.2) is 6.10 Å². The van der Waals surface area contributed by atoms with Gasteiger partial charge in [-0.2, -0.15) is 0 Å². The normalized spacial score (nSPS) is 14.0. The van der Waals surface area contributed by atoms with E-state index in [-0.39, 0.29) is 32.6 Å². The van der Waals surface area contributed by atoms with E-state index in [1.807, 2.05) is 0 Å². The Morgan fingerprint density at radius 1 is 0.477 bits per heavy atom. The van der Waals surface area contributed by atoms with Gasteiger partial charge in [-0.1, -0.05) is 214 Å². The Balaban J connectivity index is 3.78. The van der Waals surface area contributed by atoms with Crippen molar-refractivity contribution in [3.8, 4) is 0 Å². The van der Waals surface area contributed by atoms with Crippen molar-refractivity contribution in [3.05, 3.63) is 97.2 Å². The highest BCUT2D eigenvalue weighted by molar-refractivity contribution is 7.47. The Kier molecular flexibility index (Phi) is 48.0. The van der Waals surface area contributed by atoms with E-state index in [4.69, 9.17) is 24.3 Å². The molecule has 0 heterocycles. The van der Waals surface area contributed by atoms with Crippen molar-refractivity contribution in [1.82, 2.24) is 0 Å². The number of phosphoric acid groups is 1. The zero-order chi connectivity index (χ0) is 47.4. The van der Waals surface area contributed by atoms with Gasteiger partial charge in [0.1, 0.15) is 6.61 Å². The predicted octanol–water partition coefficient (Wildman–Crippen LogP) is 15.7. The lowest BCUT2D eigenvalue weighted by Crippen LogP contribution is -2.29. The molecule has 9 nitrogen and oxygen atoms in total. The van der Waals surface area contributed by atoms with Gasteiger partial charge in [0, 0.05) is 19.4 Å². The molecule has 65 heavy (non-hydrogen) atoms. The summed E-state index contributed by atoms with van der Waals surface area (Å²) >= 11 is 0. The molecule has 2 unspecified atom stereocenters. The highest BCUT2D eigenvalue weighted by Crippen LogP contribution is 2.43. The summed E-state index contributed by atoms with van der Waals surface area (Å²) in [5.74, 6) is -0.846. The van der Waals surface area contributed by atoms with Gasteiger partial charge in [-0.15, -0.1) is 0 Å². The first kappa shape index (κ1) is 61.9. The lowest BCUT2D eigenvalue weighted by Gasteiger charge is -2.19. The zero-order valence-corrected chi connectivity index (χ0v) is 42.1. The molecule has 0 saturated carbocycles. The number of unbranched alkanes of at least 4 members (excludes halogenated alkanes) is 18. The van der Waals surface area contributed by atoms with Crippen LogP contribution in [-0.4, -0.2) is 49.3 Å². The Labute approximate surface area is 397 Å². The van der Waals surface area contributed by atoms with Gasteiger partial charge in [0.05, 0.1) is 13.2 Å². The van der Waals surface area contributed by atoms with Gasteiger partial charge < -0.3 is 20.1 Å². The minimum absolute atomic E-state index is 0.0510. The monoisotopic (exact) mass is 928 g/mol. The Hall–Kier alpha value is -3.07. The average molecular weight is 928 g/mol. The standard InChI is InChI=1S/C55H94NO8P/c1-3-5-7-9-10-11-12-13-14-15-16-17-18-19-20-21-22-23-24-25-26-27-28-29-30-31-32-33-34-35-36-37-38-39-40-41-42-44-46-48-55(58)64-53(52-63-65(59,60)62-50-49-56)51-61-54(57)47-45-43-8-6-4-2/h5,7,10-11,13-14,16-17,19-20,22-23,25-26,28-29,53H,3-4,6,8-9,12,15,18,21,24,27,30-52,56H2,1-2H3,(H,59,60)/b7-5-,11-10-,14-13-,17-16-,20-19-,23-22-,26-25-,29-28-. The molecule has 0 amide bonds. The van der Waals surface area contributed by atoms with E-state index >= 15 is 0 Å². The average Bonchev–Trinajstić information content (AvgIpc) is 3.30. The van der Waals surface area contributed by atoms with Crippen LogP contribution in [0.4, 0.5) is 0 Å². The number of phosphoric ester groups is 1. The van der Waals surface area contributed by atoms with Crippen LogP contribution in [0.5, 0.6) is 0 Å². The second-order valence-corrected chi connectivity index (χ2v) is 18.1. The maximum atomic E-state index is 12.5. The van der Waals surface area contributed by atoms with E-state index in [0.29, 0.717) is 6.42 Å². The summed E-state index contributed by atoms with van der Waals surface area (Å²) < 4.78 is 32.6. The number of carbonyl (C=O) groups excluding carboxylic acids is 2. The van der Waals surface area contributed by atoms with Crippen molar-refractivity contribution in [2.75, 3.05) is 26.4 Å². The molecule has 0 aliphatic heterocycles. The summed E-state index contributed by atoms with van der Waals surface area (Å²) in [4.78, 5) is 34.6. The maximum absolute atomic E-state index is 12.5. The molecule has 0 bridgehead atoms. The van der Waals surface area contributed by atoms with Crippen LogP contribution in [0.3, 0.4) is 0 Å². The summed E-state index contributed by atoms with van der Waals surface area (Å²) in [6, 6.07) is 0. The molecule has 0 spiro atoms. The Morgan fingerprint density at radius 2 is 0.846 bits per heavy atom. The smallest absolute Gasteiger partial charge is 0.462 e. The quantitative estimate of drug-likeness (QED) is 0.0265. The summed E-state index contributed by atoms with van der Waals surface area (Å²) in [5, 5.41) is 0. The largest absolute Gasteiger partial charge is 0.472 e. The van der Waals surface area contributed by atoms with E-state index in [1.54, 1.807) is 0 Å². The Morgan fingerprint density at radius 3 is 1.26 bits per heavy atom. The minimum atomic E-state index is -4.37. The van der Waals surface area contributed by atoms with Crippen LogP contribution in [0, 0.1) is 0 Å². The predicted molar refractivity (Wildman–Crippen MR) is 275 cm³/mol. The summed E-state index contributed by atoms with van der Waals surface area (Å²) in [6.07, 6.45) is 66.7. The lowest BCUT2D eigenvalue weighted by molar-refractivity contribution is -0.161. The number of allylic oxidation sites excluding steroid dienone is 16. The number of nitrogens with two attached hydrogens (primary N) is 1. The minimum Gasteiger partial charge on any atom is -0.462 e. The van der Waals surface area contributed by atoms with E-state index in [9.17, 15) is 19.0 Å². The van der Waals surface area contributed by atoms with Gasteiger partial charge in [-0.3, -0.25) is 18.6 Å². The number of carbonyl (C=O) groups is 2. The zero-order valence-electron chi connectivity index (χ0n) is 41.2. The van der Waals surface area contributed by atoms with E-state index in [1.165, 1.54) is 70.6 Å². The van der Waals surface area contributed by atoms with Gasteiger partial charge in [0.2, 0.25) is 0 Å². The second kappa shape index (κ2) is 50.3. The van der Waals surface area contributed by atoms with E-state index in [2.05, 4.69) is 111 Å². The van der Waals surface area contributed by atoms with Crippen LogP contribution in [0.1, 0.15) is 206 Å². The molecule has 0 aromatic heterocycles. The fraction of sp³-hybridized carbons (Fsp3) is 0.673. The van der Waals surface area contributed by atoms with E-state index < -0.39 is 32.5 Å². The van der Waals surface area contributed by atoms with Crippen LogP contribution in [0.25, 0.3) is 0 Å². The topological polar surface area (TPSA) is 134 Å². The first-order chi connectivity index (χ1) is 31.8. The molecule has 3 N–H and O–H groups in total. The molecule has 10 heteroatoms. The molecule has 0 aliphatic rings. The molecular formula is C55H94NO8P. The maximum Gasteiger partial charge on any atom is 0.472 e. The summed E-state index contributed by atoms with van der Waals surface area (Å²) in [6.45, 7) is 3.51. The Bertz CT molecular complexity index is 1380. The van der Waals surface area contributed by atoms with Gasteiger partial charge >= 0.3 is 19.8 Å². The van der Waals surface area contributed by atoms with E-state index in [0.717, 1.165) is 103 Å². The summed E-state index contributed by atoms with van der Waals surface area (Å²) in [7, 11) is -4.37. The number of ether oxygens (including phenoxy) is 2. The molecular weight excluding hydrogens is 834 g/mol. The fourth-order valence-electron chi connectivity index (χ4n) is 6.71. The highest BCUT2D eigenvalue weighted by Gasteiger charge is 2.26. The first-order valence-corrected chi connectivity index (χ1v) is 27.2. The SMILES string of the molecule is CC/C=C\C/C=C\C/C=C\C/C=C\C/C=C\C/C=C\C/C=C\C/C=C\CCCCCCCCCCCCCCCCC(=O)OC(COC(=O)CCCCCCC)COP(=O)(O)OCCN. The molecule has 0 fully saturated rings. The third-order valence-electron chi connectivity index (χ3n) is 10.5. The van der Waals surface area contributed by atoms with Crippen molar-refractivity contribution >= 4 is 19.8 Å². The molecule has 0 aromatic rings. The third kappa shape index (κ3) is 50.2. The number of hydrogen-bond donors (Lipinski definition) is 2. The van der Waals surface area contributed by atoms with Crippen molar-refractivity contribution in [2.45, 2.75) is 213 Å². The van der Waals surface area contributed by atoms with Crippen molar-refractivity contribution in [3.63, 3.8) is 0 Å². The molecule has 0 aromatic carbocycles. The van der Waals surface area contributed by atoms with Gasteiger partial charge in [-0.25, -0.2) is 4.57 Å². The molecule has 0 aliphatic carbocycles. The van der Waals surface area contributed by atoms with Gasteiger partial charge in [0.25, 0.3) is 0 Å². The van der Waals surface area contributed by atoms with Crippen LogP contribution < -0.4 is 5.73 Å². The molecule has 2 atom stereocenters. The highest BCUT2D eigenvalue weighted by atomic mass is 31.2. The molecule has 0 radical (unpaired) electrons. The molecule has 372 valence electrons. The molecule has 0 saturated heterocycles. The van der Waals surface area contributed by atoms with Crippen molar-refractivity contribution in [1.29, 1.82) is 0 Å². The van der Waals surface area contributed by atoms with Crippen molar-refractivity contribution in [2.24, 2.45) is 5.73 Å². The van der Waals surface area contributed by atoms with Crippen molar-refractivity contribution < 1.29 is 37.6 Å². The lowest BCUT2D eigenvalue weighted by atomic mass is 10.0.